The second-order valence-corrected chi connectivity index (χ2v) is 3.58. The third kappa shape index (κ3) is 0.943. The maximum Gasteiger partial charge on any atom is 0.344 e. The largest absolute Gasteiger partial charge is 0.464 e. The molecular weight excluding hydrogens is 175 g/mol. The summed E-state index contributed by atoms with van der Waals surface area (Å²) < 4.78 is 18.3. The number of alkyl halides is 1. The number of esters is 1. The van der Waals surface area contributed by atoms with Gasteiger partial charge < -0.3 is 4.74 Å². The summed E-state index contributed by atoms with van der Waals surface area (Å²) in [6.45, 7) is 1.79. The number of Topliss-reactive ketones (excluding diaryl/α,β-unsaturated/α-hetero) is 1. The molecule has 0 aromatic rings. The molecule has 13 heavy (non-hydrogen) atoms. The minimum absolute atomic E-state index is 0.124. The van der Waals surface area contributed by atoms with Crippen LogP contribution in [0.1, 0.15) is 19.8 Å². The first-order valence-corrected chi connectivity index (χ1v) is 4.51. The van der Waals surface area contributed by atoms with E-state index in [-0.39, 0.29) is 18.3 Å². The van der Waals surface area contributed by atoms with Crippen LogP contribution in [0.4, 0.5) is 4.39 Å². The molecule has 0 radical (unpaired) electrons. The lowest BCUT2D eigenvalue weighted by Crippen LogP contribution is -2.28. The number of rotatable bonds is 2. The highest BCUT2D eigenvalue weighted by atomic mass is 19.1. The predicted octanol–water partition coefficient (Wildman–Crippen LogP) is 0.867. The van der Waals surface area contributed by atoms with Crippen molar-refractivity contribution in [3.05, 3.63) is 0 Å². The van der Waals surface area contributed by atoms with Crippen LogP contribution < -0.4 is 0 Å². The summed E-state index contributed by atoms with van der Waals surface area (Å²) in [6, 6.07) is 0. The molecule has 2 aliphatic rings. The van der Waals surface area contributed by atoms with Crippen LogP contribution >= 0.6 is 0 Å². The smallest absolute Gasteiger partial charge is 0.344 e. The Kier molecular flexibility index (Phi) is 1.68. The molecule has 2 fully saturated rings. The van der Waals surface area contributed by atoms with Crippen LogP contribution in [0.15, 0.2) is 0 Å². The van der Waals surface area contributed by atoms with E-state index >= 15 is 0 Å². The topological polar surface area (TPSA) is 43.4 Å². The van der Waals surface area contributed by atoms with Crippen LogP contribution in [-0.2, 0) is 14.3 Å². The molecule has 0 aromatic carbocycles. The predicted molar refractivity (Wildman–Crippen MR) is 41.7 cm³/mol. The Labute approximate surface area is 75.2 Å². The summed E-state index contributed by atoms with van der Waals surface area (Å²) in [5.41, 5.74) is -1.97. The molecule has 2 saturated carbocycles. The Morgan fingerprint density at radius 3 is 2.92 bits per heavy atom. The zero-order valence-electron chi connectivity index (χ0n) is 7.38. The van der Waals surface area contributed by atoms with Gasteiger partial charge in [-0.25, -0.2) is 9.18 Å². The fourth-order valence-electron chi connectivity index (χ4n) is 2.23. The third-order valence-electron chi connectivity index (χ3n) is 2.92. The van der Waals surface area contributed by atoms with E-state index < -0.39 is 17.6 Å². The number of fused-ring (bicyclic) bond motifs is 1. The summed E-state index contributed by atoms with van der Waals surface area (Å²) in [7, 11) is 0. The summed E-state index contributed by atoms with van der Waals surface area (Å²) in [4.78, 5) is 22.2. The average Bonchev–Trinajstić information content (AvgIpc) is 2.47. The number of halogens is 1. The molecule has 0 aromatic heterocycles. The van der Waals surface area contributed by atoms with Crippen LogP contribution in [-0.4, -0.2) is 24.0 Å². The maximum absolute atomic E-state index is 13.7. The van der Waals surface area contributed by atoms with Gasteiger partial charge in [0.2, 0.25) is 5.67 Å². The van der Waals surface area contributed by atoms with Crippen LogP contribution in [0.2, 0.25) is 0 Å². The van der Waals surface area contributed by atoms with Crippen molar-refractivity contribution in [2.45, 2.75) is 25.4 Å². The van der Waals surface area contributed by atoms with Crippen molar-refractivity contribution in [1.29, 1.82) is 0 Å². The first-order valence-electron chi connectivity index (χ1n) is 4.51. The Bertz CT molecular complexity index is 276. The summed E-state index contributed by atoms with van der Waals surface area (Å²) in [6.07, 6.45) is 0.916. The van der Waals surface area contributed by atoms with Gasteiger partial charge in [0.1, 0.15) is 5.78 Å². The van der Waals surface area contributed by atoms with Gasteiger partial charge in [0.25, 0.3) is 0 Å². The fraction of sp³-hybridized carbons (Fsp3) is 0.778. The lowest BCUT2D eigenvalue weighted by Gasteiger charge is -2.08. The van der Waals surface area contributed by atoms with E-state index in [2.05, 4.69) is 4.74 Å². The van der Waals surface area contributed by atoms with Gasteiger partial charge >= 0.3 is 5.97 Å². The van der Waals surface area contributed by atoms with E-state index in [0.717, 1.165) is 0 Å². The SMILES string of the molecule is CCOC(=O)[C@@]1(F)[C@@H]2CCC(=O)[C@@H]21. The van der Waals surface area contributed by atoms with E-state index in [0.29, 0.717) is 12.8 Å². The number of hydrogen-bond acceptors (Lipinski definition) is 3. The summed E-state index contributed by atoms with van der Waals surface area (Å²) in [5, 5.41) is 0. The van der Waals surface area contributed by atoms with Crippen LogP contribution in [0.5, 0.6) is 0 Å². The molecule has 0 saturated heterocycles. The Hall–Kier alpha value is -0.930. The van der Waals surface area contributed by atoms with Gasteiger partial charge in [0, 0.05) is 12.3 Å². The molecule has 0 heterocycles. The van der Waals surface area contributed by atoms with E-state index in [1.54, 1.807) is 6.92 Å². The van der Waals surface area contributed by atoms with Gasteiger partial charge in [0.15, 0.2) is 0 Å². The van der Waals surface area contributed by atoms with Crippen molar-refractivity contribution in [2.24, 2.45) is 11.8 Å². The summed E-state index contributed by atoms with van der Waals surface area (Å²) >= 11 is 0. The van der Waals surface area contributed by atoms with E-state index in [1.807, 2.05) is 0 Å². The Morgan fingerprint density at radius 1 is 1.77 bits per heavy atom. The monoisotopic (exact) mass is 186 g/mol. The minimum atomic E-state index is -1.97. The van der Waals surface area contributed by atoms with Crippen molar-refractivity contribution in [3.8, 4) is 0 Å². The zero-order chi connectivity index (χ0) is 9.64. The van der Waals surface area contributed by atoms with Gasteiger partial charge in [-0.05, 0) is 13.3 Å². The molecule has 3 atom stereocenters. The number of hydrogen-bond donors (Lipinski definition) is 0. The highest BCUT2D eigenvalue weighted by Gasteiger charge is 2.77. The Morgan fingerprint density at radius 2 is 2.46 bits per heavy atom. The second-order valence-electron chi connectivity index (χ2n) is 3.58. The first kappa shape index (κ1) is 8.66. The van der Waals surface area contributed by atoms with Gasteiger partial charge in [-0.15, -0.1) is 0 Å². The molecule has 3 nitrogen and oxygen atoms in total. The van der Waals surface area contributed by atoms with Gasteiger partial charge in [-0.3, -0.25) is 4.79 Å². The highest BCUT2D eigenvalue weighted by Crippen LogP contribution is 2.61. The molecule has 0 spiro atoms. The van der Waals surface area contributed by atoms with Crippen LogP contribution in [0.3, 0.4) is 0 Å². The fourth-order valence-corrected chi connectivity index (χ4v) is 2.23. The Balaban J connectivity index is 2.09. The average molecular weight is 186 g/mol. The van der Waals surface area contributed by atoms with E-state index in [1.165, 1.54) is 0 Å². The van der Waals surface area contributed by atoms with Gasteiger partial charge in [-0.2, -0.15) is 0 Å². The molecule has 0 aliphatic heterocycles. The molecule has 0 amide bonds. The lowest BCUT2D eigenvalue weighted by atomic mass is 10.1. The standard InChI is InChI=1S/C9H11FO3/c1-2-13-8(12)9(10)5-3-4-6(11)7(5)9/h5,7H,2-4H2,1H3/t5-,7-,9-/m1/s1. The first-order chi connectivity index (χ1) is 6.12. The molecular formula is C9H11FO3. The molecule has 4 heteroatoms. The maximum atomic E-state index is 13.7. The highest BCUT2D eigenvalue weighted by molar-refractivity contribution is 5.99. The quantitative estimate of drug-likeness (QED) is 0.601. The van der Waals surface area contributed by atoms with Crippen molar-refractivity contribution in [3.63, 3.8) is 0 Å². The van der Waals surface area contributed by atoms with Crippen molar-refractivity contribution in [2.75, 3.05) is 6.61 Å². The van der Waals surface area contributed by atoms with Crippen molar-refractivity contribution in [1.82, 2.24) is 0 Å². The number of carbonyl (C=O) groups excluding carboxylic acids is 2. The molecule has 2 aliphatic carbocycles. The summed E-state index contributed by atoms with van der Waals surface area (Å²) in [5.74, 6) is -2.05. The minimum Gasteiger partial charge on any atom is -0.464 e. The van der Waals surface area contributed by atoms with Crippen molar-refractivity contribution < 1.29 is 18.7 Å². The molecule has 0 unspecified atom stereocenters. The van der Waals surface area contributed by atoms with Crippen LogP contribution in [0, 0.1) is 11.8 Å². The van der Waals surface area contributed by atoms with Gasteiger partial charge in [0.05, 0.1) is 12.5 Å². The second kappa shape index (κ2) is 2.53. The normalized spacial score (nSPS) is 41.5. The number of carbonyl (C=O) groups is 2. The molecule has 2 rings (SSSR count). The number of ketones is 1. The molecule has 72 valence electrons. The number of ether oxygens (including phenoxy) is 1. The van der Waals surface area contributed by atoms with Gasteiger partial charge in [-0.1, -0.05) is 0 Å². The lowest BCUT2D eigenvalue weighted by molar-refractivity contribution is -0.153. The van der Waals surface area contributed by atoms with Crippen LogP contribution in [0.25, 0.3) is 0 Å². The molecule has 0 N–H and O–H groups in total. The molecule has 0 bridgehead atoms. The van der Waals surface area contributed by atoms with Crippen molar-refractivity contribution >= 4 is 11.8 Å². The zero-order valence-corrected chi connectivity index (χ0v) is 7.38. The van der Waals surface area contributed by atoms with E-state index in [4.69, 9.17) is 0 Å². The van der Waals surface area contributed by atoms with E-state index in [9.17, 15) is 14.0 Å². The third-order valence-corrected chi connectivity index (χ3v) is 2.92.